The summed E-state index contributed by atoms with van der Waals surface area (Å²) in [6.07, 6.45) is 1.81. The molecule has 2 nitrogen and oxygen atoms in total. The van der Waals surface area contributed by atoms with Crippen molar-refractivity contribution < 1.29 is 0 Å². The Morgan fingerprint density at radius 1 is 1.40 bits per heavy atom. The molecule has 0 saturated carbocycles. The fourth-order valence-corrected chi connectivity index (χ4v) is 2.21. The van der Waals surface area contributed by atoms with E-state index in [1.54, 1.807) is 6.20 Å². The van der Waals surface area contributed by atoms with Crippen molar-refractivity contribution in [3.8, 4) is 0 Å². The zero-order valence-electron chi connectivity index (χ0n) is 5.16. The summed E-state index contributed by atoms with van der Waals surface area (Å²) in [5.74, 6) is 0. The van der Waals surface area contributed by atoms with Gasteiger partial charge < -0.3 is 0 Å². The van der Waals surface area contributed by atoms with Crippen molar-refractivity contribution in [2.24, 2.45) is 4.99 Å². The summed E-state index contributed by atoms with van der Waals surface area (Å²) >= 11 is 0.0466. The van der Waals surface area contributed by atoms with Gasteiger partial charge in [-0.3, -0.25) is 4.98 Å². The largest absolute Gasteiger partial charge is 0.254 e. The van der Waals surface area contributed by atoms with Crippen LogP contribution in [0.25, 0.3) is 0 Å². The van der Waals surface area contributed by atoms with Gasteiger partial charge in [0.15, 0.2) is 0 Å². The Morgan fingerprint density at radius 3 is 3.30 bits per heavy atom. The van der Waals surface area contributed by atoms with Gasteiger partial charge in [0.1, 0.15) is 0 Å². The average Bonchev–Trinajstić information content (AvgIpc) is 2.05. The molecule has 1 aliphatic rings. The van der Waals surface area contributed by atoms with Crippen molar-refractivity contribution in [2.45, 2.75) is 0 Å². The quantitative estimate of drug-likeness (QED) is 0.639. The van der Waals surface area contributed by atoms with Crippen LogP contribution in [0.1, 0.15) is 5.69 Å². The number of rotatable bonds is 0. The number of hydrogen-bond acceptors (Lipinski definition) is 2. The standard InChI is InChI=1S/C7H5IN2/c1-2-6-7(9-3-1)4-8-5-10-6/h1-5H. The molecule has 0 radical (unpaired) electrons. The van der Waals surface area contributed by atoms with Crippen LogP contribution in [0.2, 0.25) is 0 Å². The van der Waals surface area contributed by atoms with E-state index in [2.05, 4.69) is 14.0 Å². The van der Waals surface area contributed by atoms with Crippen LogP contribution >= 0.6 is 20.7 Å². The highest BCUT2D eigenvalue weighted by Gasteiger charge is 1.98. The lowest BCUT2D eigenvalue weighted by atomic mass is 10.3. The van der Waals surface area contributed by atoms with Crippen molar-refractivity contribution in [2.75, 3.05) is 0 Å². The summed E-state index contributed by atoms with van der Waals surface area (Å²) in [5, 5.41) is 0. The molecule has 0 spiro atoms. The van der Waals surface area contributed by atoms with E-state index < -0.39 is 0 Å². The van der Waals surface area contributed by atoms with Crippen LogP contribution in [0.15, 0.2) is 23.3 Å². The van der Waals surface area contributed by atoms with Crippen LogP contribution in [-0.2, 0) is 0 Å². The fourth-order valence-electron chi connectivity index (χ4n) is 0.771. The van der Waals surface area contributed by atoms with E-state index in [4.69, 9.17) is 0 Å². The summed E-state index contributed by atoms with van der Waals surface area (Å²) in [6, 6.07) is 3.89. The van der Waals surface area contributed by atoms with Gasteiger partial charge in [0, 0.05) is 10.2 Å². The highest BCUT2D eigenvalue weighted by Crippen LogP contribution is 2.19. The molecule has 0 aliphatic carbocycles. The SMILES string of the molecule is C1=Nc2cccnc2C=I1. The van der Waals surface area contributed by atoms with E-state index in [0.717, 1.165) is 11.4 Å². The second-order valence-electron chi connectivity index (χ2n) is 1.87. The van der Waals surface area contributed by atoms with Gasteiger partial charge in [0.25, 0.3) is 0 Å². The lowest BCUT2D eigenvalue weighted by Gasteiger charge is -1.99. The molecule has 0 aromatic carbocycles. The number of aliphatic imine (C=N–C) groups is 1. The molecule has 0 bridgehead atoms. The van der Waals surface area contributed by atoms with Gasteiger partial charge >= 0.3 is 0 Å². The maximum atomic E-state index is 4.22. The van der Waals surface area contributed by atoms with E-state index in [1.165, 1.54) is 0 Å². The maximum Gasteiger partial charge on any atom is 0.0943 e. The monoisotopic (exact) mass is 244 g/mol. The van der Waals surface area contributed by atoms with Crippen LogP contribution in [0.4, 0.5) is 5.69 Å². The van der Waals surface area contributed by atoms with Crippen molar-refractivity contribution in [1.29, 1.82) is 0 Å². The number of halogens is 1. The molecule has 1 aliphatic heterocycles. The first-order valence-corrected chi connectivity index (χ1v) is 5.39. The Kier molecular flexibility index (Phi) is 1.58. The summed E-state index contributed by atoms with van der Waals surface area (Å²) in [4.78, 5) is 8.40. The lowest BCUT2D eigenvalue weighted by molar-refractivity contribution is 1.29. The van der Waals surface area contributed by atoms with Gasteiger partial charge in [0.05, 0.1) is 15.6 Å². The number of fused-ring (bicyclic) bond motifs is 1. The summed E-state index contributed by atoms with van der Waals surface area (Å²) in [5.41, 5.74) is 2.06. The molecule has 3 heteroatoms. The van der Waals surface area contributed by atoms with Gasteiger partial charge in [0.2, 0.25) is 0 Å². The minimum Gasteiger partial charge on any atom is -0.254 e. The van der Waals surface area contributed by atoms with Gasteiger partial charge in [-0.1, -0.05) is 20.7 Å². The first kappa shape index (κ1) is 6.15. The summed E-state index contributed by atoms with van der Waals surface area (Å²) in [6.45, 7) is 0. The number of nitrogens with zero attached hydrogens (tertiary/aromatic N) is 2. The third-order valence-electron chi connectivity index (χ3n) is 1.23. The Balaban J connectivity index is 2.65. The minimum atomic E-state index is 0.0466. The molecule has 10 heavy (non-hydrogen) atoms. The molecule has 0 saturated heterocycles. The molecule has 2 rings (SSSR count). The molecule has 0 fully saturated rings. The first-order valence-electron chi connectivity index (χ1n) is 2.89. The smallest absolute Gasteiger partial charge is 0.0943 e. The van der Waals surface area contributed by atoms with Crippen LogP contribution in [0.3, 0.4) is 0 Å². The molecular weight excluding hydrogens is 239 g/mol. The molecule has 50 valence electrons. The summed E-state index contributed by atoms with van der Waals surface area (Å²) in [7, 11) is 0. The van der Waals surface area contributed by atoms with Gasteiger partial charge in [-0.15, -0.1) is 0 Å². The third kappa shape index (κ3) is 1.01. The zero-order chi connectivity index (χ0) is 6.81. The Labute approximate surface area is 68.8 Å². The molecule has 0 N–H and O–H groups in total. The highest BCUT2D eigenvalue weighted by molar-refractivity contribution is 14.2. The third-order valence-corrected chi connectivity index (χ3v) is 2.78. The van der Waals surface area contributed by atoms with Crippen LogP contribution < -0.4 is 0 Å². The number of pyridine rings is 1. The number of aromatic nitrogens is 1. The second-order valence-corrected chi connectivity index (χ2v) is 3.77. The van der Waals surface area contributed by atoms with Crippen molar-refractivity contribution >= 4 is 34.7 Å². The van der Waals surface area contributed by atoms with E-state index in [9.17, 15) is 0 Å². The molecule has 0 amide bonds. The first-order chi connectivity index (χ1) is 4.97. The average molecular weight is 244 g/mol. The van der Waals surface area contributed by atoms with Crippen LogP contribution in [0, 0.1) is 0 Å². The van der Waals surface area contributed by atoms with Crippen LogP contribution in [-0.4, -0.2) is 13.2 Å². The van der Waals surface area contributed by atoms with Gasteiger partial charge in [-0.25, -0.2) is 4.99 Å². The predicted molar refractivity (Wildman–Crippen MR) is 51.6 cm³/mol. The molecule has 0 unspecified atom stereocenters. The van der Waals surface area contributed by atoms with E-state index in [0.29, 0.717) is 0 Å². The molecule has 2 heterocycles. The van der Waals surface area contributed by atoms with E-state index in [-0.39, 0.29) is 20.7 Å². The zero-order valence-corrected chi connectivity index (χ0v) is 7.32. The Morgan fingerprint density at radius 2 is 2.40 bits per heavy atom. The second kappa shape index (κ2) is 2.57. The fraction of sp³-hybridized carbons (Fsp3) is 0. The van der Waals surface area contributed by atoms with Gasteiger partial charge in [-0.2, -0.15) is 0 Å². The highest BCUT2D eigenvalue weighted by atomic mass is 127. The molecule has 0 atom stereocenters. The van der Waals surface area contributed by atoms with E-state index in [1.807, 2.05) is 16.4 Å². The maximum absolute atomic E-state index is 4.22. The van der Waals surface area contributed by atoms with E-state index >= 15 is 0 Å². The normalized spacial score (nSPS) is 14.0. The van der Waals surface area contributed by atoms with Crippen LogP contribution in [0.5, 0.6) is 0 Å². The molecule has 1 aromatic rings. The Hall–Kier alpha value is -0.580. The van der Waals surface area contributed by atoms with Crippen molar-refractivity contribution in [3.63, 3.8) is 0 Å². The lowest BCUT2D eigenvalue weighted by Crippen LogP contribution is -1.87. The minimum absolute atomic E-state index is 0.0466. The van der Waals surface area contributed by atoms with Crippen molar-refractivity contribution in [1.82, 2.24) is 4.98 Å². The van der Waals surface area contributed by atoms with Crippen molar-refractivity contribution in [3.05, 3.63) is 24.0 Å². The molecule has 1 aromatic heterocycles. The predicted octanol–water partition coefficient (Wildman–Crippen LogP) is 1.88. The topological polar surface area (TPSA) is 25.2 Å². The van der Waals surface area contributed by atoms with Gasteiger partial charge in [-0.05, 0) is 12.1 Å². The molecular formula is C7H5IN2. The summed E-state index contributed by atoms with van der Waals surface area (Å²) < 4.78 is 4.18. The Bertz CT molecular complexity index is 273. The number of hydrogen-bond donors (Lipinski definition) is 0.